The molecule has 1 aromatic rings. The zero-order valence-electron chi connectivity index (χ0n) is 12.3. The third-order valence-electron chi connectivity index (χ3n) is 3.70. The van der Waals surface area contributed by atoms with Crippen LogP contribution in [0.4, 0.5) is 5.82 Å². The summed E-state index contributed by atoms with van der Waals surface area (Å²) in [6.45, 7) is 8.19. The largest absolute Gasteiger partial charge is 0.380 e. The molecule has 0 spiro atoms. The van der Waals surface area contributed by atoms with Crippen molar-refractivity contribution in [2.45, 2.75) is 39.3 Å². The van der Waals surface area contributed by atoms with Crippen LogP contribution >= 0.6 is 0 Å². The van der Waals surface area contributed by atoms with E-state index in [-0.39, 0.29) is 0 Å². The molecule has 0 saturated carbocycles. The summed E-state index contributed by atoms with van der Waals surface area (Å²) < 4.78 is 5.48. The number of nitrogens with one attached hydrogen (secondary N) is 1. The van der Waals surface area contributed by atoms with E-state index in [1.165, 1.54) is 17.5 Å². The molecule has 0 amide bonds. The van der Waals surface area contributed by atoms with Crippen molar-refractivity contribution in [2.75, 3.05) is 31.6 Å². The van der Waals surface area contributed by atoms with E-state index < -0.39 is 0 Å². The average molecular weight is 263 g/mol. The number of aryl methyl sites for hydroxylation is 1. The molecule has 4 heteroatoms. The molecule has 1 aliphatic rings. The van der Waals surface area contributed by atoms with Crippen LogP contribution in [0, 0.1) is 6.92 Å². The van der Waals surface area contributed by atoms with Gasteiger partial charge in [-0.1, -0.05) is 6.92 Å². The molecule has 0 aromatic carbocycles. The van der Waals surface area contributed by atoms with E-state index in [0.717, 1.165) is 38.4 Å². The Balaban J connectivity index is 2.07. The van der Waals surface area contributed by atoms with Gasteiger partial charge in [-0.15, -0.1) is 0 Å². The SMILES string of the molecule is CCNCc1cnc(N2CCCC(OC)C2)c(C)c1. The lowest BCUT2D eigenvalue weighted by molar-refractivity contribution is 0.0891. The average Bonchev–Trinajstić information content (AvgIpc) is 2.45. The molecule has 19 heavy (non-hydrogen) atoms. The van der Waals surface area contributed by atoms with E-state index in [9.17, 15) is 0 Å². The first-order valence-corrected chi connectivity index (χ1v) is 7.18. The van der Waals surface area contributed by atoms with Gasteiger partial charge in [0.1, 0.15) is 5.82 Å². The Labute approximate surface area is 116 Å². The highest BCUT2D eigenvalue weighted by molar-refractivity contribution is 5.47. The van der Waals surface area contributed by atoms with Gasteiger partial charge in [0.2, 0.25) is 0 Å². The van der Waals surface area contributed by atoms with Crippen molar-refractivity contribution in [2.24, 2.45) is 0 Å². The smallest absolute Gasteiger partial charge is 0.131 e. The first-order valence-electron chi connectivity index (χ1n) is 7.18. The second-order valence-electron chi connectivity index (χ2n) is 5.21. The highest BCUT2D eigenvalue weighted by Gasteiger charge is 2.21. The fourth-order valence-electron chi connectivity index (χ4n) is 2.65. The van der Waals surface area contributed by atoms with E-state index in [1.54, 1.807) is 7.11 Å². The summed E-state index contributed by atoms with van der Waals surface area (Å²) in [6.07, 6.45) is 4.67. The number of aromatic nitrogens is 1. The quantitative estimate of drug-likeness (QED) is 0.883. The number of rotatable bonds is 5. The molecule has 0 radical (unpaired) electrons. The molecule has 0 bridgehead atoms. The molecular weight excluding hydrogens is 238 g/mol. The third kappa shape index (κ3) is 3.67. The van der Waals surface area contributed by atoms with Crippen molar-refractivity contribution in [1.29, 1.82) is 0 Å². The highest BCUT2D eigenvalue weighted by Crippen LogP contribution is 2.23. The second-order valence-corrected chi connectivity index (χ2v) is 5.21. The van der Waals surface area contributed by atoms with Crippen LogP contribution in [0.15, 0.2) is 12.3 Å². The molecule has 2 heterocycles. The lowest BCUT2D eigenvalue weighted by atomic mass is 10.1. The van der Waals surface area contributed by atoms with Gasteiger partial charge in [-0.25, -0.2) is 4.98 Å². The second kappa shape index (κ2) is 6.87. The molecule has 1 saturated heterocycles. The monoisotopic (exact) mass is 263 g/mol. The maximum absolute atomic E-state index is 5.48. The Kier molecular flexibility index (Phi) is 5.16. The van der Waals surface area contributed by atoms with Crippen molar-refractivity contribution in [3.63, 3.8) is 0 Å². The van der Waals surface area contributed by atoms with Crippen LogP contribution in [0.5, 0.6) is 0 Å². The molecule has 2 rings (SSSR count). The van der Waals surface area contributed by atoms with Crippen LogP contribution in [-0.2, 0) is 11.3 Å². The van der Waals surface area contributed by atoms with Crippen LogP contribution in [0.1, 0.15) is 30.9 Å². The third-order valence-corrected chi connectivity index (χ3v) is 3.70. The van der Waals surface area contributed by atoms with Gasteiger partial charge in [0.05, 0.1) is 6.10 Å². The van der Waals surface area contributed by atoms with Gasteiger partial charge in [-0.05, 0) is 43.5 Å². The lowest BCUT2D eigenvalue weighted by Gasteiger charge is -2.33. The minimum absolute atomic E-state index is 0.344. The topological polar surface area (TPSA) is 37.4 Å². The number of piperidine rings is 1. The Morgan fingerprint density at radius 1 is 1.53 bits per heavy atom. The van der Waals surface area contributed by atoms with Crippen LogP contribution in [-0.4, -0.2) is 37.8 Å². The van der Waals surface area contributed by atoms with Crippen molar-refractivity contribution in [3.05, 3.63) is 23.4 Å². The van der Waals surface area contributed by atoms with Gasteiger partial charge in [0, 0.05) is 32.9 Å². The number of pyridine rings is 1. The van der Waals surface area contributed by atoms with Gasteiger partial charge in [0.15, 0.2) is 0 Å². The normalized spacial score (nSPS) is 19.7. The van der Waals surface area contributed by atoms with E-state index in [2.05, 4.69) is 35.1 Å². The maximum atomic E-state index is 5.48. The number of hydrogen-bond donors (Lipinski definition) is 1. The predicted octanol–water partition coefficient (Wildman–Crippen LogP) is 2.11. The van der Waals surface area contributed by atoms with Crippen molar-refractivity contribution in [3.8, 4) is 0 Å². The van der Waals surface area contributed by atoms with Crippen LogP contribution < -0.4 is 10.2 Å². The van der Waals surface area contributed by atoms with E-state index in [0.29, 0.717) is 6.10 Å². The molecule has 1 aromatic heterocycles. The summed E-state index contributed by atoms with van der Waals surface area (Å²) in [5, 5.41) is 3.33. The number of methoxy groups -OCH3 is 1. The van der Waals surface area contributed by atoms with Gasteiger partial charge in [-0.2, -0.15) is 0 Å². The molecule has 4 nitrogen and oxygen atoms in total. The predicted molar refractivity (Wildman–Crippen MR) is 78.6 cm³/mol. The molecule has 1 fully saturated rings. The van der Waals surface area contributed by atoms with Crippen LogP contribution in [0.25, 0.3) is 0 Å². The molecular formula is C15H25N3O. The van der Waals surface area contributed by atoms with Gasteiger partial charge < -0.3 is 15.0 Å². The maximum Gasteiger partial charge on any atom is 0.131 e. The molecule has 1 unspecified atom stereocenters. The first kappa shape index (κ1) is 14.3. The zero-order chi connectivity index (χ0) is 13.7. The summed E-state index contributed by atoms with van der Waals surface area (Å²) in [7, 11) is 1.80. The Morgan fingerprint density at radius 3 is 3.05 bits per heavy atom. The summed E-state index contributed by atoms with van der Waals surface area (Å²) in [5.41, 5.74) is 2.51. The molecule has 1 atom stereocenters. The summed E-state index contributed by atoms with van der Waals surface area (Å²) in [5.74, 6) is 1.11. The summed E-state index contributed by atoms with van der Waals surface area (Å²) in [6, 6.07) is 2.24. The summed E-state index contributed by atoms with van der Waals surface area (Å²) in [4.78, 5) is 7.01. The van der Waals surface area contributed by atoms with Crippen molar-refractivity contribution >= 4 is 5.82 Å². The Morgan fingerprint density at radius 2 is 2.37 bits per heavy atom. The first-order chi connectivity index (χ1) is 9.24. The number of hydrogen-bond acceptors (Lipinski definition) is 4. The van der Waals surface area contributed by atoms with Gasteiger partial charge >= 0.3 is 0 Å². The molecule has 106 valence electrons. The molecule has 0 aliphatic carbocycles. The van der Waals surface area contributed by atoms with E-state index >= 15 is 0 Å². The molecule has 1 aliphatic heterocycles. The summed E-state index contributed by atoms with van der Waals surface area (Å²) >= 11 is 0. The fraction of sp³-hybridized carbons (Fsp3) is 0.667. The van der Waals surface area contributed by atoms with E-state index in [1.807, 2.05) is 6.20 Å². The van der Waals surface area contributed by atoms with Crippen molar-refractivity contribution in [1.82, 2.24) is 10.3 Å². The number of ether oxygens (including phenoxy) is 1. The number of nitrogens with zero attached hydrogens (tertiary/aromatic N) is 2. The van der Waals surface area contributed by atoms with E-state index in [4.69, 9.17) is 4.74 Å². The Hall–Kier alpha value is -1.13. The Bertz CT molecular complexity index is 408. The fourth-order valence-corrected chi connectivity index (χ4v) is 2.65. The standard InChI is InChI=1S/C15H25N3O/c1-4-16-9-13-8-12(2)15(17-10-13)18-7-5-6-14(11-18)19-3/h8,10,14,16H,4-7,9,11H2,1-3H3. The number of anilines is 1. The van der Waals surface area contributed by atoms with Gasteiger partial charge in [-0.3, -0.25) is 0 Å². The van der Waals surface area contributed by atoms with Crippen LogP contribution in [0.2, 0.25) is 0 Å². The minimum atomic E-state index is 0.344. The molecule has 1 N–H and O–H groups in total. The highest BCUT2D eigenvalue weighted by atomic mass is 16.5. The lowest BCUT2D eigenvalue weighted by Crippen LogP contribution is -2.40. The minimum Gasteiger partial charge on any atom is -0.380 e. The van der Waals surface area contributed by atoms with Crippen molar-refractivity contribution < 1.29 is 4.74 Å². The van der Waals surface area contributed by atoms with Gasteiger partial charge in [0.25, 0.3) is 0 Å². The zero-order valence-corrected chi connectivity index (χ0v) is 12.3. The van der Waals surface area contributed by atoms with Crippen LogP contribution in [0.3, 0.4) is 0 Å².